The molecule has 0 aliphatic rings. The number of thiophene rings is 1. The molecule has 1 aromatic carbocycles. The number of ketones is 1. The lowest BCUT2D eigenvalue weighted by Crippen LogP contribution is -2.24. The van der Waals surface area contributed by atoms with Gasteiger partial charge < -0.3 is 0 Å². The molecule has 21 heavy (non-hydrogen) atoms. The topological polar surface area (TPSA) is 20.3 Å². The van der Waals surface area contributed by atoms with Crippen molar-refractivity contribution >= 4 is 28.7 Å². The SMILES string of the molecule is CC(c1ccccc1Cl)N(C)CCCC(=O)c1cccs1. The van der Waals surface area contributed by atoms with E-state index < -0.39 is 0 Å². The summed E-state index contributed by atoms with van der Waals surface area (Å²) in [4.78, 5) is 15.0. The molecule has 1 aromatic heterocycles. The van der Waals surface area contributed by atoms with Crippen molar-refractivity contribution in [1.29, 1.82) is 0 Å². The summed E-state index contributed by atoms with van der Waals surface area (Å²) in [6, 6.07) is 12.0. The molecule has 0 bridgehead atoms. The molecule has 0 N–H and O–H groups in total. The van der Waals surface area contributed by atoms with Crippen LogP contribution in [0, 0.1) is 0 Å². The minimum absolute atomic E-state index is 0.240. The molecule has 0 fully saturated rings. The zero-order valence-electron chi connectivity index (χ0n) is 12.4. The second kappa shape index (κ2) is 7.74. The van der Waals surface area contributed by atoms with Crippen molar-refractivity contribution in [3.05, 3.63) is 57.2 Å². The highest BCUT2D eigenvalue weighted by molar-refractivity contribution is 7.12. The summed E-state index contributed by atoms with van der Waals surface area (Å²) >= 11 is 7.75. The third-order valence-electron chi connectivity index (χ3n) is 3.73. The first-order valence-electron chi connectivity index (χ1n) is 7.11. The predicted molar refractivity (Wildman–Crippen MR) is 90.4 cm³/mol. The Morgan fingerprint density at radius 3 is 2.71 bits per heavy atom. The molecule has 112 valence electrons. The van der Waals surface area contributed by atoms with Gasteiger partial charge in [0.15, 0.2) is 5.78 Å². The Bertz CT molecular complexity index is 582. The van der Waals surface area contributed by atoms with Gasteiger partial charge in [-0.05, 0) is 50.0 Å². The number of hydrogen-bond acceptors (Lipinski definition) is 3. The van der Waals surface area contributed by atoms with Crippen LogP contribution >= 0.6 is 22.9 Å². The molecule has 1 atom stereocenters. The highest BCUT2D eigenvalue weighted by atomic mass is 35.5. The lowest BCUT2D eigenvalue weighted by molar-refractivity contribution is 0.0978. The first kappa shape index (κ1) is 16.2. The quantitative estimate of drug-likeness (QED) is 0.664. The van der Waals surface area contributed by atoms with Gasteiger partial charge in [-0.25, -0.2) is 0 Å². The van der Waals surface area contributed by atoms with Crippen LogP contribution in [-0.2, 0) is 0 Å². The van der Waals surface area contributed by atoms with E-state index in [9.17, 15) is 4.79 Å². The maximum absolute atomic E-state index is 12.0. The maximum Gasteiger partial charge on any atom is 0.172 e. The predicted octanol–water partition coefficient (Wildman–Crippen LogP) is 5.06. The van der Waals surface area contributed by atoms with E-state index in [-0.39, 0.29) is 11.8 Å². The van der Waals surface area contributed by atoms with Gasteiger partial charge in [-0.15, -0.1) is 11.3 Å². The van der Waals surface area contributed by atoms with Crippen molar-refractivity contribution in [2.24, 2.45) is 0 Å². The maximum atomic E-state index is 12.0. The molecule has 1 heterocycles. The zero-order valence-corrected chi connectivity index (χ0v) is 14.0. The van der Waals surface area contributed by atoms with Gasteiger partial charge in [-0.3, -0.25) is 9.69 Å². The molecular formula is C17H20ClNOS. The monoisotopic (exact) mass is 321 g/mol. The highest BCUT2D eigenvalue weighted by Crippen LogP contribution is 2.26. The second-order valence-electron chi connectivity index (χ2n) is 5.18. The van der Waals surface area contributed by atoms with Gasteiger partial charge in [-0.1, -0.05) is 35.9 Å². The Hall–Kier alpha value is -1.16. The second-order valence-corrected chi connectivity index (χ2v) is 6.54. The molecule has 0 aliphatic carbocycles. The summed E-state index contributed by atoms with van der Waals surface area (Å²) in [7, 11) is 2.07. The summed E-state index contributed by atoms with van der Waals surface area (Å²) < 4.78 is 0. The number of carbonyl (C=O) groups excluding carboxylic acids is 1. The lowest BCUT2D eigenvalue weighted by atomic mass is 10.1. The van der Waals surface area contributed by atoms with Crippen LogP contribution in [0.3, 0.4) is 0 Å². The molecule has 0 saturated carbocycles. The van der Waals surface area contributed by atoms with Crippen LogP contribution in [0.15, 0.2) is 41.8 Å². The molecule has 0 saturated heterocycles. The summed E-state index contributed by atoms with van der Waals surface area (Å²) in [6.07, 6.45) is 1.46. The fourth-order valence-corrected chi connectivity index (χ4v) is 3.28. The molecular weight excluding hydrogens is 302 g/mol. The van der Waals surface area contributed by atoms with Crippen LogP contribution in [0.1, 0.15) is 41.0 Å². The Labute approximate surface area is 135 Å². The molecule has 4 heteroatoms. The molecule has 2 rings (SSSR count). The van der Waals surface area contributed by atoms with Crippen LogP contribution in [0.25, 0.3) is 0 Å². The number of benzene rings is 1. The van der Waals surface area contributed by atoms with Crippen molar-refractivity contribution in [2.45, 2.75) is 25.8 Å². The number of Topliss-reactive ketones (excluding diaryl/α,β-unsaturated/α-hetero) is 1. The van der Waals surface area contributed by atoms with E-state index in [0.29, 0.717) is 6.42 Å². The van der Waals surface area contributed by atoms with E-state index in [2.05, 4.69) is 24.9 Å². The van der Waals surface area contributed by atoms with Gasteiger partial charge in [0.2, 0.25) is 0 Å². The van der Waals surface area contributed by atoms with Gasteiger partial charge in [0.25, 0.3) is 0 Å². The van der Waals surface area contributed by atoms with E-state index >= 15 is 0 Å². The van der Waals surface area contributed by atoms with Crippen molar-refractivity contribution in [3.8, 4) is 0 Å². The molecule has 0 radical (unpaired) electrons. The van der Waals surface area contributed by atoms with Crippen molar-refractivity contribution < 1.29 is 4.79 Å². The Kier molecular flexibility index (Phi) is 5.97. The average Bonchev–Trinajstić information content (AvgIpc) is 3.01. The van der Waals surface area contributed by atoms with Crippen LogP contribution in [-0.4, -0.2) is 24.3 Å². The molecule has 2 aromatic rings. The van der Waals surface area contributed by atoms with Gasteiger partial charge in [0, 0.05) is 17.5 Å². The van der Waals surface area contributed by atoms with Crippen LogP contribution in [0.5, 0.6) is 0 Å². The van der Waals surface area contributed by atoms with Gasteiger partial charge in [0.1, 0.15) is 0 Å². The van der Waals surface area contributed by atoms with Crippen LogP contribution < -0.4 is 0 Å². The molecule has 1 unspecified atom stereocenters. The molecule has 2 nitrogen and oxygen atoms in total. The Balaban J connectivity index is 1.83. The third kappa shape index (κ3) is 4.40. The van der Waals surface area contributed by atoms with E-state index in [1.54, 1.807) is 0 Å². The van der Waals surface area contributed by atoms with Crippen molar-refractivity contribution in [3.63, 3.8) is 0 Å². The largest absolute Gasteiger partial charge is 0.300 e. The van der Waals surface area contributed by atoms with Crippen molar-refractivity contribution in [1.82, 2.24) is 4.90 Å². The fraction of sp³-hybridized carbons (Fsp3) is 0.353. The van der Waals surface area contributed by atoms with Crippen LogP contribution in [0.4, 0.5) is 0 Å². The zero-order chi connectivity index (χ0) is 15.2. The summed E-state index contributed by atoms with van der Waals surface area (Å²) in [5.41, 5.74) is 1.13. The summed E-state index contributed by atoms with van der Waals surface area (Å²) in [6.45, 7) is 3.02. The van der Waals surface area contributed by atoms with Gasteiger partial charge >= 0.3 is 0 Å². The average molecular weight is 322 g/mol. The number of hydrogen-bond donors (Lipinski definition) is 0. The van der Waals surface area contributed by atoms with E-state index in [1.165, 1.54) is 11.3 Å². The van der Waals surface area contributed by atoms with Gasteiger partial charge in [-0.2, -0.15) is 0 Å². The summed E-state index contributed by atoms with van der Waals surface area (Å²) in [5.74, 6) is 0.240. The lowest BCUT2D eigenvalue weighted by Gasteiger charge is -2.25. The number of nitrogens with zero attached hydrogens (tertiary/aromatic N) is 1. The third-order valence-corrected chi connectivity index (χ3v) is 4.98. The molecule has 0 spiro atoms. The van der Waals surface area contributed by atoms with Gasteiger partial charge in [0.05, 0.1) is 4.88 Å². The van der Waals surface area contributed by atoms with E-state index in [0.717, 1.165) is 28.4 Å². The highest BCUT2D eigenvalue weighted by Gasteiger charge is 2.14. The standard InChI is InChI=1S/C17H20ClNOS/c1-13(14-7-3-4-8-15(14)18)19(2)11-5-9-16(20)17-10-6-12-21-17/h3-4,6-8,10,12-13H,5,9,11H2,1-2H3. The Morgan fingerprint density at radius 1 is 1.29 bits per heavy atom. The van der Waals surface area contributed by atoms with Crippen molar-refractivity contribution in [2.75, 3.05) is 13.6 Å². The van der Waals surface area contributed by atoms with E-state index in [1.807, 2.05) is 35.7 Å². The number of carbonyl (C=O) groups is 1. The summed E-state index contributed by atoms with van der Waals surface area (Å²) in [5, 5.41) is 2.74. The van der Waals surface area contributed by atoms with E-state index in [4.69, 9.17) is 11.6 Å². The number of rotatable bonds is 7. The Morgan fingerprint density at radius 2 is 2.05 bits per heavy atom. The van der Waals surface area contributed by atoms with Crippen LogP contribution in [0.2, 0.25) is 5.02 Å². The minimum Gasteiger partial charge on any atom is -0.300 e. The molecule has 0 aliphatic heterocycles. The number of halogens is 1. The molecule has 0 amide bonds. The fourth-order valence-electron chi connectivity index (χ4n) is 2.29. The normalized spacial score (nSPS) is 12.6. The smallest absolute Gasteiger partial charge is 0.172 e. The first-order chi connectivity index (χ1) is 10.1. The first-order valence-corrected chi connectivity index (χ1v) is 8.36. The minimum atomic E-state index is 0.240.